The predicted octanol–water partition coefficient (Wildman–Crippen LogP) is 2.20. The van der Waals surface area contributed by atoms with Gasteiger partial charge >= 0.3 is 0 Å². The Kier molecular flexibility index (Phi) is 4.85. The minimum absolute atomic E-state index is 0.0658. The molecule has 2 aromatic heterocycles. The molecule has 0 radical (unpaired) electrons. The fourth-order valence-corrected chi connectivity index (χ4v) is 4.25. The van der Waals surface area contributed by atoms with Crippen LogP contribution in [-0.2, 0) is 12.8 Å². The number of nitrogens with zero attached hydrogens (tertiary/aromatic N) is 5. The van der Waals surface area contributed by atoms with E-state index in [4.69, 9.17) is 9.97 Å². The third-order valence-corrected chi connectivity index (χ3v) is 5.57. The minimum atomic E-state index is -0.0658. The highest BCUT2D eigenvalue weighted by atomic mass is 16.1. The number of piperidine rings is 1. The summed E-state index contributed by atoms with van der Waals surface area (Å²) in [4.78, 5) is 33.3. The van der Waals surface area contributed by atoms with Crippen molar-refractivity contribution in [2.75, 3.05) is 37.0 Å². The van der Waals surface area contributed by atoms with Gasteiger partial charge in [0.1, 0.15) is 11.6 Å². The fourth-order valence-electron chi connectivity index (χ4n) is 4.25. The molecule has 0 unspecified atom stereocenters. The van der Waals surface area contributed by atoms with Crippen molar-refractivity contribution in [3.05, 3.63) is 39.2 Å². The van der Waals surface area contributed by atoms with Crippen molar-refractivity contribution in [1.29, 1.82) is 0 Å². The van der Waals surface area contributed by atoms with E-state index in [1.54, 1.807) is 6.07 Å². The van der Waals surface area contributed by atoms with Crippen LogP contribution in [0.25, 0.3) is 0 Å². The van der Waals surface area contributed by atoms with E-state index in [1.165, 1.54) is 24.1 Å². The lowest BCUT2D eigenvalue weighted by molar-refractivity contribution is 0.493. The summed E-state index contributed by atoms with van der Waals surface area (Å²) in [5.41, 5.74) is 3.37. The number of rotatable bonds is 3. The molecular formula is C20H28N6O. The van der Waals surface area contributed by atoms with Crippen LogP contribution in [0.15, 0.2) is 10.9 Å². The summed E-state index contributed by atoms with van der Waals surface area (Å²) in [5.74, 6) is 2.83. The monoisotopic (exact) mass is 368 g/mol. The average molecular weight is 368 g/mol. The topological polar surface area (TPSA) is 78.0 Å². The summed E-state index contributed by atoms with van der Waals surface area (Å²) in [7, 11) is 3.99. The summed E-state index contributed by atoms with van der Waals surface area (Å²) < 4.78 is 0. The highest BCUT2D eigenvalue weighted by Crippen LogP contribution is 2.34. The number of hydrogen-bond acceptors (Lipinski definition) is 6. The maximum atomic E-state index is 11.9. The van der Waals surface area contributed by atoms with E-state index in [-0.39, 0.29) is 11.5 Å². The smallest absolute Gasteiger partial charge is 0.251 e. The van der Waals surface area contributed by atoms with Crippen LogP contribution in [0.5, 0.6) is 0 Å². The Bertz CT molecular complexity index is 891. The van der Waals surface area contributed by atoms with E-state index in [9.17, 15) is 4.79 Å². The van der Waals surface area contributed by atoms with Gasteiger partial charge in [0.15, 0.2) is 0 Å². The summed E-state index contributed by atoms with van der Waals surface area (Å²) in [6, 6.07) is 1.65. The maximum Gasteiger partial charge on any atom is 0.251 e. The highest BCUT2D eigenvalue weighted by Gasteiger charge is 2.28. The Morgan fingerprint density at radius 2 is 1.96 bits per heavy atom. The largest absolute Gasteiger partial charge is 0.356 e. The normalized spacial score (nSPS) is 19.7. The SMILES string of the molecule is Cc1nc([C@@H]2CCCN(c3nc(N(C)C)nc4c3CCCC4)C2)cc(=O)[nH]1. The Morgan fingerprint density at radius 1 is 1.15 bits per heavy atom. The first kappa shape index (κ1) is 17.9. The molecule has 7 heteroatoms. The summed E-state index contributed by atoms with van der Waals surface area (Å²) >= 11 is 0. The van der Waals surface area contributed by atoms with E-state index in [1.807, 2.05) is 25.9 Å². The number of hydrogen-bond donors (Lipinski definition) is 1. The molecule has 0 saturated carbocycles. The zero-order valence-corrected chi connectivity index (χ0v) is 16.5. The van der Waals surface area contributed by atoms with Crippen molar-refractivity contribution in [2.24, 2.45) is 0 Å². The third kappa shape index (κ3) is 3.68. The summed E-state index contributed by atoms with van der Waals surface area (Å²) in [6.07, 6.45) is 6.64. The molecule has 1 atom stereocenters. The summed E-state index contributed by atoms with van der Waals surface area (Å²) in [5, 5.41) is 0. The van der Waals surface area contributed by atoms with Crippen molar-refractivity contribution < 1.29 is 0 Å². The standard InChI is InChI=1S/C20H28N6O/c1-13-21-17(11-18(27)22-13)14-7-6-10-26(12-14)19-15-8-4-5-9-16(15)23-20(24-19)25(2)3/h11,14H,4-10,12H2,1-3H3,(H,21,22,27)/t14-/m1/s1. The lowest BCUT2D eigenvalue weighted by Crippen LogP contribution is -2.37. The summed E-state index contributed by atoms with van der Waals surface area (Å²) in [6.45, 7) is 3.69. The van der Waals surface area contributed by atoms with Gasteiger partial charge in [0.2, 0.25) is 5.95 Å². The van der Waals surface area contributed by atoms with Crippen LogP contribution in [0.2, 0.25) is 0 Å². The molecular weight excluding hydrogens is 340 g/mol. The molecule has 27 heavy (non-hydrogen) atoms. The van der Waals surface area contributed by atoms with Gasteiger partial charge in [-0.15, -0.1) is 0 Å². The molecule has 144 valence electrons. The molecule has 1 N–H and O–H groups in total. The molecule has 0 bridgehead atoms. The van der Waals surface area contributed by atoms with Crippen molar-refractivity contribution in [3.63, 3.8) is 0 Å². The second kappa shape index (κ2) is 7.29. The molecule has 2 aliphatic rings. The van der Waals surface area contributed by atoms with Gasteiger partial charge in [-0.3, -0.25) is 4.79 Å². The zero-order chi connectivity index (χ0) is 19.0. The van der Waals surface area contributed by atoms with E-state index >= 15 is 0 Å². The van der Waals surface area contributed by atoms with Crippen molar-refractivity contribution in [1.82, 2.24) is 19.9 Å². The molecule has 0 aromatic carbocycles. The molecule has 1 saturated heterocycles. The van der Waals surface area contributed by atoms with Gasteiger partial charge in [0, 0.05) is 44.7 Å². The van der Waals surface area contributed by atoms with Crippen molar-refractivity contribution in [3.8, 4) is 0 Å². The second-order valence-corrected chi connectivity index (χ2v) is 7.91. The molecule has 2 aromatic rings. The van der Waals surface area contributed by atoms with Crippen molar-refractivity contribution >= 4 is 11.8 Å². The van der Waals surface area contributed by atoms with Gasteiger partial charge in [-0.25, -0.2) is 9.97 Å². The predicted molar refractivity (Wildman–Crippen MR) is 107 cm³/mol. The highest BCUT2D eigenvalue weighted by molar-refractivity contribution is 5.54. The number of H-pyrrole nitrogens is 1. The molecule has 3 heterocycles. The van der Waals surface area contributed by atoms with Crippen LogP contribution in [0, 0.1) is 6.92 Å². The van der Waals surface area contributed by atoms with Crippen LogP contribution in [0.4, 0.5) is 11.8 Å². The van der Waals surface area contributed by atoms with Gasteiger partial charge in [0.05, 0.1) is 11.4 Å². The Balaban J connectivity index is 1.68. The number of aromatic amines is 1. The quantitative estimate of drug-likeness (QED) is 0.895. The molecule has 7 nitrogen and oxygen atoms in total. The molecule has 4 rings (SSSR count). The fraction of sp³-hybridized carbons (Fsp3) is 0.600. The number of nitrogens with one attached hydrogen (secondary N) is 1. The van der Waals surface area contributed by atoms with E-state index in [0.717, 1.165) is 56.2 Å². The minimum Gasteiger partial charge on any atom is -0.356 e. The number of aromatic nitrogens is 4. The molecule has 1 aliphatic heterocycles. The maximum absolute atomic E-state index is 11.9. The van der Waals surface area contributed by atoms with Crippen LogP contribution >= 0.6 is 0 Å². The zero-order valence-electron chi connectivity index (χ0n) is 16.5. The van der Waals surface area contributed by atoms with Gasteiger partial charge in [0.25, 0.3) is 5.56 Å². The van der Waals surface area contributed by atoms with Crippen LogP contribution in [-0.4, -0.2) is 47.1 Å². The van der Waals surface area contributed by atoms with Crippen LogP contribution in [0.3, 0.4) is 0 Å². The average Bonchev–Trinajstić information content (AvgIpc) is 2.66. The number of aryl methyl sites for hydroxylation is 2. The van der Waals surface area contributed by atoms with Gasteiger partial charge < -0.3 is 14.8 Å². The lowest BCUT2D eigenvalue weighted by atomic mass is 9.92. The Hall–Kier alpha value is -2.44. The molecule has 1 fully saturated rings. The molecule has 0 amide bonds. The Morgan fingerprint density at radius 3 is 2.74 bits per heavy atom. The molecule has 1 aliphatic carbocycles. The van der Waals surface area contributed by atoms with E-state index in [0.29, 0.717) is 5.82 Å². The van der Waals surface area contributed by atoms with Gasteiger partial charge in [-0.1, -0.05) is 0 Å². The van der Waals surface area contributed by atoms with E-state index < -0.39 is 0 Å². The third-order valence-electron chi connectivity index (χ3n) is 5.57. The van der Waals surface area contributed by atoms with Gasteiger partial charge in [-0.2, -0.15) is 4.98 Å². The number of anilines is 2. The first-order valence-electron chi connectivity index (χ1n) is 9.91. The first-order valence-corrected chi connectivity index (χ1v) is 9.91. The molecule has 0 spiro atoms. The van der Waals surface area contributed by atoms with Crippen molar-refractivity contribution in [2.45, 2.75) is 51.4 Å². The lowest BCUT2D eigenvalue weighted by Gasteiger charge is -2.35. The Labute approximate surface area is 159 Å². The van der Waals surface area contributed by atoms with Crippen LogP contribution < -0.4 is 15.4 Å². The van der Waals surface area contributed by atoms with Gasteiger partial charge in [-0.05, 0) is 45.4 Å². The van der Waals surface area contributed by atoms with Crippen LogP contribution in [0.1, 0.15) is 54.4 Å². The second-order valence-electron chi connectivity index (χ2n) is 7.91. The van der Waals surface area contributed by atoms with E-state index in [2.05, 4.69) is 14.9 Å². The first-order chi connectivity index (χ1) is 13.0. The number of fused-ring (bicyclic) bond motifs is 1.